The molecule has 0 amide bonds. The average Bonchev–Trinajstić information content (AvgIpc) is 2.48. The largest absolute Gasteiger partial charge is 0.477 e. The highest BCUT2D eigenvalue weighted by Crippen LogP contribution is 2.23. The van der Waals surface area contributed by atoms with Gasteiger partial charge in [0, 0.05) is 4.88 Å². The summed E-state index contributed by atoms with van der Waals surface area (Å²) in [5, 5.41) is 8.86. The molecule has 3 N–H and O–H groups in total. The van der Waals surface area contributed by atoms with E-state index in [4.69, 9.17) is 10.8 Å². The fraction of sp³-hybridized carbons (Fsp3) is 0.444. The summed E-state index contributed by atoms with van der Waals surface area (Å²) in [6.07, 6.45) is 1.54. The van der Waals surface area contributed by atoms with Gasteiger partial charge in [-0.1, -0.05) is 6.92 Å². The van der Waals surface area contributed by atoms with E-state index in [1.54, 1.807) is 0 Å². The van der Waals surface area contributed by atoms with Gasteiger partial charge in [0.2, 0.25) is 0 Å². The van der Waals surface area contributed by atoms with Gasteiger partial charge in [-0.2, -0.15) is 0 Å². The third-order valence-corrected chi connectivity index (χ3v) is 3.05. The Morgan fingerprint density at radius 2 is 2.38 bits per heavy atom. The summed E-state index contributed by atoms with van der Waals surface area (Å²) >= 11 is 1.34. The average molecular weight is 199 g/mol. The zero-order chi connectivity index (χ0) is 9.84. The number of carboxylic acids is 1. The van der Waals surface area contributed by atoms with Crippen molar-refractivity contribution >= 4 is 17.3 Å². The first kappa shape index (κ1) is 10.2. The van der Waals surface area contributed by atoms with Gasteiger partial charge < -0.3 is 10.8 Å². The first-order chi connectivity index (χ1) is 6.19. The maximum Gasteiger partial charge on any atom is 0.346 e. The lowest BCUT2D eigenvalue weighted by atomic mass is 10.2. The van der Waals surface area contributed by atoms with Gasteiger partial charge in [-0.15, -0.1) is 11.3 Å². The smallest absolute Gasteiger partial charge is 0.346 e. The molecule has 0 aromatic carbocycles. The van der Waals surface area contributed by atoms with E-state index in [-0.39, 0.29) is 0 Å². The number of nitrogens with two attached hydrogens (primary N) is 1. The van der Waals surface area contributed by atoms with Crippen LogP contribution in [-0.2, 0) is 12.8 Å². The Kier molecular flexibility index (Phi) is 3.45. The molecule has 0 spiro atoms. The minimum Gasteiger partial charge on any atom is -0.477 e. The number of aromatic carboxylic acids is 1. The number of rotatable bonds is 4. The Bertz CT molecular complexity index is 307. The van der Waals surface area contributed by atoms with Crippen LogP contribution in [0.5, 0.6) is 0 Å². The second-order valence-electron chi connectivity index (χ2n) is 2.76. The van der Waals surface area contributed by atoms with Crippen molar-refractivity contribution in [3.05, 3.63) is 21.4 Å². The van der Waals surface area contributed by atoms with Gasteiger partial charge in [-0.05, 0) is 31.0 Å². The summed E-state index contributed by atoms with van der Waals surface area (Å²) in [5.74, 6) is -0.829. The second-order valence-corrected chi connectivity index (χ2v) is 3.90. The summed E-state index contributed by atoms with van der Waals surface area (Å²) in [6, 6.07) is 1.95. The molecule has 0 fully saturated rings. The van der Waals surface area contributed by atoms with Crippen LogP contribution in [0.25, 0.3) is 0 Å². The van der Waals surface area contributed by atoms with E-state index in [1.807, 2.05) is 13.0 Å². The van der Waals surface area contributed by atoms with Gasteiger partial charge >= 0.3 is 5.97 Å². The van der Waals surface area contributed by atoms with Gasteiger partial charge in [-0.3, -0.25) is 0 Å². The van der Waals surface area contributed by atoms with Crippen molar-refractivity contribution in [2.24, 2.45) is 5.73 Å². The van der Waals surface area contributed by atoms with Crippen molar-refractivity contribution in [1.82, 2.24) is 0 Å². The van der Waals surface area contributed by atoms with E-state index in [9.17, 15) is 4.79 Å². The Morgan fingerprint density at radius 3 is 2.77 bits per heavy atom. The highest BCUT2D eigenvalue weighted by molar-refractivity contribution is 7.14. The molecule has 0 saturated carbocycles. The maximum absolute atomic E-state index is 10.8. The Labute approximate surface area is 81.2 Å². The van der Waals surface area contributed by atoms with E-state index < -0.39 is 5.97 Å². The fourth-order valence-corrected chi connectivity index (χ4v) is 2.30. The number of hydrogen-bond acceptors (Lipinski definition) is 3. The number of carboxylic acid groups (broad SMARTS) is 1. The van der Waals surface area contributed by atoms with Crippen molar-refractivity contribution in [2.45, 2.75) is 19.8 Å². The predicted octanol–water partition coefficient (Wildman–Crippen LogP) is 1.51. The fourth-order valence-electron chi connectivity index (χ4n) is 1.20. The topological polar surface area (TPSA) is 63.3 Å². The quantitative estimate of drug-likeness (QED) is 0.772. The predicted molar refractivity (Wildman–Crippen MR) is 53.4 cm³/mol. The van der Waals surface area contributed by atoms with Crippen LogP contribution in [0.15, 0.2) is 6.07 Å². The number of hydrogen-bond donors (Lipinski definition) is 2. The van der Waals surface area contributed by atoms with Crippen molar-refractivity contribution in [3.63, 3.8) is 0 Å². The van der Waals surface area contributed by atoms with Crippen LogP contribution in [0.2, 0.25) is 0 Å². The second kappa shape index (κ2) is 4.39. The van der Waals surface area contributed by atoms with Gasteiger partial charge in [0.05, 0.1) is 0 Å². The third kappa shape index (κ3) is 2.29. The number of aryl methyl sites for hydroxylation is 1. The van der Waals surface area contributed by atoms with E-state index in [2.05, 4.69) is 0 Å². The number of thiophene rings is 1. The van der Waals surface area contributed by atoms with Gasteiger partial charge in [-0.25, -0.2) is 4.79 Å². The molecular weight excluding hydrogens is 186 g/mol. The van der Waals surface area contributed by atoms with Crippen LogP contribution < -0.4 is 5.73 Å². The molecule has 3 nitrogen and oxygen atoms in total. The lowest BCUT2D eigenvalue weighted by Gasteiger charge is -1.91. The molecule has 13 heavy (non-hydrogen) atoms. The van der Waals surface area contributed by atoms with E-state index in [1.165, 1.54) is 11.3 Å². The molecule has 1 heterocycles. The molecule has 0 bridgehead atoms. The molecule has 1 aromatic rings. The molecule has 0 radical (unpaired) electrons. The van der Waals surface area contributed by atoms with Crippen LogP contribution in [0.3, 0.4) is 0 Å². The third-order valence-electron chi connectivity index (χ3n) is 1.83. The Balaban J connectivity index is 2.97. The SMILES string of the molecule is CCc1cc(CCN)sc1C(=O)O. The van der Waals surface area contributed by atoms with Crippen LogP contribution >= 0.6 is 11.3 Å². The summed E-state index contributed by atoms with van der Waals surface area (Å²) in [5.41, 5.74) is 6.31. The number of carbonyl (C=O) groups is 1. The van der Waals surface area contributed by atoms with Crippen LogP contribution in [0, 0.1) is 0 Å². The molecular formula is C9H13NO2S. The Hall–Kier alpha value is -0.870. The molecule has 0 aliphatic rings. The van der Waals surface area contributed by atoms with Gasteiger partial charge in [0.25, 0.3) is 0 Å². The monoisotopic (exact) mass is 199 g/mol. The molecule has 0 aliphatic heterocycles. The van der Waals surface area contributed by atoms with Crippen molar-refractivity contribution in [2.75, 3.05) is 6.54 Å². The van der Waals surface area contributed by atoms with Crippen LogP contribution in [0.4, 0.5) is 0 Å². The molecule has 0 atom stereocenters. The van der Waals surface area contributed by atoms with E-state index >= 15 is 0 Å². The maximum atomic E-state index is 10.8. The summed E-state index contributed by atoms with van der Waals surface area (Å²) in [7, 11) is 0. The van der Waals surface area contributed by atoms with Crippen molar-refractivity contribution in [3.8, 4) is 0 Å². The standard InChI is InChI=1S/C9H13NO2S/c1-2-6-5-7(3-4-10)13-8(6)9(11)12/h5H,2-4,10H2,1H3,(H,11,12). The van der Waals surface area contributed by atoms with Crippen LogP contribution in [-0.4, -0.2) is 17.6 Å². The lowest BCUT2D eigenvalue weighted by molar-refractivity contribution is 0.0701. The first-order valence-electron chi connectivity index (χ1n) is 4.24. The molecule has 1 rings (SSSR count). The first-order valence-corrected chi connectivity index (χ1v) is 5.05. The van der Waals surface area contributed by atoms with E-state index in [0.717, 1.165) is 23.3 Å². The summed E-state index contributed by atoms with van der Waals surface area (Å²) < 4.78 is 0. The Morgan fingerprint density at radius 1 is 1.69 bits per heavy atom. The highest BCUT2D eigenvalue weighted by Gasteiger charge is 2.13. The molecule has 1 aromatic heterocycles. The highest BCUT2D eigenvalue weighted by atomic mass is 32.1. The van der Waals surface area contributed by atoms with Gasteiger partial charge in [0.15, 0.2) is 0 Å². The minimum atomic E-state index is -0.829. The molecule has 0 aliphatic carbocycles. The zero-order valence-corrected chi connectivity index (χ0v) is 8.36. The normalized spacial score (nSPS) is 10.3. The van der Waals surface area contributed by atoms with Crippen LogP contribution in [0.1, 0.15) is 27.0 Å². The van der Waals surface area contributed by atoms with Crippen molar-refractivity contribution in [1.29, 1.82) is 0 Å². The van der Waals surface area contributed by atoms with Gasteiger partial charge in [0.1, 0.15) is 4.88 Å². The summed E-state index contributed by atoms with van der Waals surface area (Å²) in [6.45, 7) is 2.53. The summed E-state index contributed by atoms with van der Waals surface area (Å²) in [4.78, 5) is 12.3. The minimum absolute atomic E-state index is 0.464. The molecule has 0 saturated heterocycles. The van der Waals surface area contributed by atoms with E-state index in [0.29, 0.717) is 11.4 Å². The van der Waals surface area contributed by atoms with Crippen molar-refractivity contribution < 1.29 is 9.90 Å². The zero-order valence-electron chi connectivity index (χ0n) is 7.54. The lowest BCUT2D eigenvalue weighted by Crippen LogP contribution is -2.00. The molecule has 4 heteroatoms. The molecule has 72 valence electrons. The molecule has 0 unspecified atom stereocenters.